The van der Waals surface area contributed by atoms with Crippen LogP contribution in [0, 0.1) is 5.92 Å². The topological polar surface area (TPSA) is 118 Å². The van der Waals surface area contributed by atoms with Gasteiger partial charge in [0.2, 0.25) is 5.91 Å². The van der Waals surface area contributed by atoms with Crippen LogP contribution >= 0.6 is 18.8 Å². The molecule has 1 aliphatic rings. The lowest BCUT2D eigenvalue weighted by molar-refractivity contribution is -0.274. The fourth-order valence-corrected chi connectivity index (χ4v) is 6.33. The maximum absolute atomic E-state index is 12.8. The van der Waals surface area contributed by atoms with Gasteiger partial charge in [-0.1, -0.05) is 11.3 Å². The van der Waals surface area contributed by atoms with Crippen LogP contribution in [-0.4, -0.2) is 58.7 Å². The predicted molar refractivity (Wildman–Crippen MR) is 129 cm³/mol. The van der Waals surface area contributed by atoms with Crippen LogP contribution in [-0.2, 0) is 18.9 Å². The number of amides is 3. The quantitative estimate of drug-likeness (QED) is 0.346. The number of nitrogens with zero attached hydrogens (tertiary/aromatic N) is 3. The Morgan fingerprint density at radius 2 is 1.78 bits per heavy atom. The molecule has 1 saturated heterocycles. The number of rotatable bonds is 6. The number of carbonyl (C=O) groups is 3. The van der Waals surface area contributed by atoms with E-state index in [2.05, 4.69) is 15.0 Å². The lowest BCUT2D eigenvalue weighted by Gasteiger charge is -2.41. The fraction of sp³-hybridized carbons (Fsp3) is 0.273. The van der Waals surface area contributed by atoms with E-state index in [0.29, 0.717) is 16.0 Å². The number of hydrogen-bond acceptors (Lipinski definition) is 8. The summed E-state index contributed by atoms with van der Waals surface area (Å²) in [4.78, 5) is 42.3. The van der Waals surface area contributed by atoms with Gasteiger partial charge in [-0.2, -0.15) is 0 Å². The van der Waals surface area contributed by atoms with Gasteiger partial charge in [-0.05, 0) is 43.3 Å². The molecule has 2 atom stereocenters. The lowest BCUT2D eigenvalue weighted by atomic mass is 10.1. The van der Waals surface area contributed by atoms with Crippen molar-refractivity contribution in [1.29, 1.82) is 0 Å². The number of anilines is 1. The number of thiazole rings is 1. The lowest BCUT2D eigenvalue weighted by Crippen LogP contribution is -2.54. The molecular formula is C22H20F3N4O6PS. The summed E-state index contributed by atoms with van der Waals surface area (Å²) in [6.45, 7) is 2.97. The zero-order valence-electron chi connectivity index (χ0n) is 19.6. The van der Waals surface area contributed by atoms with E-state index in [0.717, 1.165) is 26.7 Å². The maximum Gasteiger partial charge on any atom is 0.573 e. The van der Waals surface area contributed by atoms with Gasteiger partial charge in [0.1, 0.15) is 11.5 Å². The zero-order valence-corrected chi connectivity index (χ0v) is 21.3. The van der Waals surface area contributed by atoms with Crippen LogP contribution in [0.1, 0.15) is 6.92 Å². The summed E-state index contributed by atoms with van der Waals surface area (Å²) >= 11 is 1.01. The van der Waals surface area contributed by atoms with Crippen LogP contribution in [0.2, 0.25) is 0 Å². The molecule has 0 saturated carbocycles. The van der Waals surface area contributed by atoms with E-state index in [4.69, 9.17) is 4.74 Å². The van der Waals surface area contributed by atoms with E-state index in [-0.39, 0.29) is 23.2 Å². The van der Waals surface area contributed by atoms with Crippen LogP contribution in [0.15, 0.2) is 42.5 Å². The number of fused-ring (bicyclic) bond motifs is 1. The van der Waals surface area contributed by atoms with Gasteiger partial charge in [-0.15, -0.1) is 13.2 Å². The highest BCUT2D eigenvalue weighted by atomic mass is 32.1. The Morgan fingerprint density at radius 1 is 1.14 bits per heavy atom. The van der Waals surface area contributed by atoms with E-state index >= 15 is 0 Å². The van der Waals surface area contributed by atoms with E-state index < -0.39 is 37.4 Å². The van der Waals surface area contributed by atoms with E-state index in [1.165, 1.54) is 50.1 Å². The van der Waals surface area contributed by atoms with Crippen molar-refractivity contribution in [3.8, 4) is 16.7 Å². The second-order valence-corrected chi connectivity index (χ2v) is 11.7. The van der Waals surface area contributed by atoms with Crippen molar-refractivity contribution in [3.05, 3.63) is 42.5 Å². The molecule has 2 heterocycles. The average Bonchev–Trinajstić information content (AvgIpc) is 3.19. The average molecular weight is 556 g/mol. The van der Waals surface area contributed by atoms with Gasteiger partial charge in [0.15, 0.2) is 5.92 Å². The molecule has 10 nitrogen and oxygen atoms in total. The molecule has 1 N–H and O–H groups in total. The van der Waals surface area contributed by atoms with Crippen molar-refractivity contribution in [2.45, 2.75) is 13.3 Å². The van der Waals surface area contributed by atoms with Crippen LogP contribution in [0.3, 0.4) is 0 Å². The molecule has 2 aromatic carbocycles. The predicted octanol–water partition coefficient (Wildman–Crippen LogP) is 4.69. The van der Waals surface area contributed by atoms with Gasteiger partial charge in [0.25, 0.3) is 24.5 Å². The van der Waals surface area contributed by atoms with E-state index in [9.17, 15) is 32.1 Å². The Hall–Kier alpha value is -3.64. The minimum Gasteiger partial charge on any atom is -0.431 e. The minimum absolute atomic E-state index is 0.0719. The first-order chi connectivity index (χ1) is 17.3. The number of benzene rings is 2. The third-order valence-electron chi connectivity index (χ3n) is 5.53. The molecule has 37 heavy (non-hydrogen) atoms. The summed E-state index contributed by atoms with van der Waals surface area (Å²) in [5.74, 6) is -4.27. The summed E-state index contributed by atoms with van der Waals surface area (Å²) in [6.07, 6.45) is -4.81. The molecule has 1 fully saturated rings. The molecule has 2 unspecified atom stereocenters. The normalized spacial score (nSPS) is 20.3. The Bertz CT molecular complexity index is 1430. The first-order valence-corrected chi connectivity index (χ1v) is 13.6. The summed E-state index contributed by atoms with van der Waals surface area (Å²) in [7, 11) is -2.13. The third kappa shape index (κ3) is 5.39. The largest absolute Gasteiger partial charge is 0.573 e. The van der Waals surface area contributed by atoms with Gasteiger partial charge < -0.3 is 14.8 Å². The van der Waals surface area contributed by atoms with Crippen molar-refractivity contribution in [3.63, 3.8) is 0 Å². The summed E-state index contributed by atoms with van der Waals surface area (Å²) < 4.78 is 62.1. The number of hydrogen-bond donors (Lipinski definition) is 1. The molecule has 0 spiro atoms. The number of ether oxygens (including phenoxy) is 2. The van der Waals surface area contributed by atoms with Crippen molar-refractivity contribution in [2.75, 3.05) is 25.6 Å². The number of aromatic nitrogens is 1. The first-order valence-electron chi connectivity index (χ1n) is 10.7. The van der Waals surface area contributed by atoms with E-state index in [1.54, 1.807) is 6.92 Å². The SMILES string of the molecule is CCN1C(=O)C(C(=O)Nc2ccc(Oc3nc4ccc(OC(F)(F)F)cc4s3)cc2)C(=O)N(C)P1(C)=O. The highest BCUT2D eigenvalue weighted by molar-refractivity contribution is 7.60. The first kappa shape index (κ1) is 26.4. The smallest absolute Gasteiger partial charge is 0.431 e. The van der Waals surface area contributed by atoms with Crippen molar-refractivity contribution < 1.29 is 41.6 Å². The van der Waals surface area contributed by atoms with Crippen LogP contribution in [0.5, 0.6) is 16.7 Å². The molecule has 0 radical (unpaired) electrons. The van der Waals surface area contributed by atoms with Crippen LogP contribution in [0.25, 0.3) is 10.2 Å². The molecule has 0 aliphatic carbocycles. The number of nitrogens with one attached hydrogen (secondary N) is 1. The molecule has 3 aromatic rings. The Kier molecular flexibility index (Phi) is 6.91. The van der Waals surface area contributed by atoms with Crippen LogP contribution in [0.4, 0.5) is 18.9 Å². The van der Waals surface area contributed by atoms with Crippen molar-refractivity contribution in [2.24, 2.45) is 5.92 Å². The number of alkyl halides is 3. The zero-order chi connectivity index (χ0) is 27.1. The number of carbonyl (C=O) groups excluding carboxylic acids is 3. The molecule has 1 aromatic heterocycles. The van der Waals surface area contributed by atoms with Gasteiger partial charge in [-0.25, -0.2) is 4.98 Å². The highest BCUT2D eigenvalue weighted by Crippen LogP contribution is 2.52. The molecule has 15 heteroatoms. The van der Waals surface area contributed by atoms with Gasteiger partial charge in [-0.3, -0.25) is 28.3 Å². The summed E-state index contributed by atoms with van der Waals surface area (Å²) in [5.41, 5.74) is 0.690. The van der Waals surface area contributed by atoms with Gasteiger partial charge >= 0.3 is 6.36 Å². The third-order valence-corrected chi connectivity index (χ3v) is 9.12. The monoisotopic (exact) mass is 556 g/mol. The molecule has 4 rings (SSSR count). The fourth-order valence-electron chi connectivity index (χ4n) is 3.66. The van der Waals surface area contributed by atoms with Crippen molar-refractivity contribution in [1.82, 2.24) is 14.3 Å². The molecule has 196 valence electrons. The van der Waals surface area contributed by atoms with Gasteiger partial charge in [0.05, 0.1) is 10.2 Å². The van der Waals surface area contributed by atoms with Crippen molar-refractivity contribution >= 4 is 52.4 Å². The van der Waals surface area contributed by atoms with Crippen LogP contribution < -0.4 is 14.8 Å². The van der Waals surface area contributed by atoms with Gasteiger partial charge in [0, 0.05) is 32.0 Å². The Labute approximate surface area is 212 Å². The Morgan fingerprint density at radius 3 is 2.41 bits per heavy atom. The number of halogens is 3. The molecule has 0 bridgehead atoms. The molecule has 3 amide bonds. The standard InChI is InChI=1S/C22H20F3N4O6PS/c1-4-29-20(32)17(19(31)28(2)36(29,3)33)18(30)26-12-5-7-13(8-6-12)34-21-27-15-10-9-14(11-16(15)37-21)35-22(23,24)25/h5-11,17H,4H2,1-3H3,(H,26,30). The second kappa shape index (κ2) is 9.67. The molecule has 1 aliphatic heterocycles. The second-order valence-electron chi connectivity index (χ2n) is 7.96. The van der Waals surface area contributed by atoms with E-state index in [1.807, 2.05) is 0 Å². The Balaban J connectivity index is 1.44. The highest BCUT2D eigenvalue weighted by Gasteiger charge is 2.51. The minimum atomic E-state index is -4.81. The maximum atomic E-state index is 12.8. The summed E-state index contributed by atoms with van der Waals surface area (Å²) in [6, 6.07) is 9.66. The summed E-state index contributed by atoms with van der Waals surface area (Å²) in [5, 5.41) is 2.67. The molecular weight excluding hydrogens is 536 g/mol.